The lowest BCUT2D eigenvalue weighted by atomic mass is 9.98. The second kappa shape index (κ2) is 9.64. The zero-order valence-electron chi connectivity index (χ0n) is 19.6. The van der Waals surface area contributed by atoms with E-state index in [0.29, 0.717) is 42.8 Å². The highest BCUT2D eigenvalue weighted by atomic mass is 32.2. The van der Waals surface area contributed by atoms with Crippen LogP contribution in [0.5, 0.6) is 0 Å². The monoisotopic (exact) mass is 488 g/mol. The number of amides is 1. The Kier molecular flexibility index (Phi) is 6.40. The minimum Gasteiger partial charge on any atom is -0.352 e. The van der Waals surface area contributed by atoms with Crippen LogP contribution in [-0.2, 0) is 21.4 Å². The summed E-state index contributed by atoms with van der Waals surface area (Å²) >= 11 is 0. The van der Waals surface area contributed by atoms with Crippen molar-refractivity contribution >= 4 is 27.0 Å². The Hall–Kier alpha value is -3.49. The minimum absolute atomic E-state index is 0.109. The SMILES string of the molecule is Cc1ccc(CNC(=O)[C@H]2CCCN(S(=O)(=O)c3ccc4nc(-c5ccccc5)[nH]c4c3)C2)cc1. The maximum atomic E-state index is 13.4. The molecule has 1 saturated heterocycles. The van der Waals surface area contributed by atoms with Gasteiger partial charge in [-0.2, -0.15) is 4.31 Å². The molecule has 180 valence electrons. The number of carbonyl (C=O) groups is 1. The van der Waals surface area contributed by atoms with Crippen LogP contribution in [0, 0.1) is 12.8 Å². The van der Waals surface area contributed by atoms with Crippen LogP contribution in [0.1, 0.15) is 24.0 Å². The number of piperidine rings is 1. The van der Waals surface area contributed by atoms with Gasteiger partial charge in [-0.05, 0) is 43.5 Å². The Balaban J connectivity index is 1.30. The molecular weight excluding hydrogens is 460 g/mol. The fourth-order valence-corrected chi connectivity index (χ4v) is 6.00. The molecule has 7 nitrogen and oxygen atoms in total. The topological polar surface area (TPSA) is 95.2 Å². The Morgan fingerprint density at radius 2 is 1.86 bits per heavy atom. The molecule has 0 bridgehead atoms. The highest BCUT2D eigenvalue weighted by Crippen LogP contribution is 2.27. The van der Waals surface area contributed by atoms with Crippen molar-refractivity contribution in [1.29, 1.82) is 0 Å². The predicted molar refractivity (Wildman–Crippen MR) is 136 cm³/mol. The van der Waals surface area contributed by atoms with Gasteiger partial charge in [-0.3, -0.25) is 4.79 Å². The van der Waals surface area contributed by atoms with Crippen molar-refractivity contribution in [2.24, 2.45) is 5.92 Å². The number of fused-ring (bicyclic) bond motifs is 1. The molecule has 1 fully saturated rings. The van der Waals surface area contributed by atoms with Gasteiger partial charge >= 0.3 is 0 Å². The molecule has 0 spiro atoms. The van der Waals surface area contributed by atoms with Gasteiger partial charge < -0.3 is 10.3 Å². The van der Waals surface area contributed by atoms with E-state index in [4.69, 9.17) is 0 Å². The summed E-state index contributed by atoms with van der Waals surface area (Å²) in [7, 11) is -3.74. The molecule has 1 aliphatic heterocycles. The first-order valence-corrected chi connectivity index (χ1v) is 13.2. The zero-order valence-corrected chi connectivity index (χ0v) is 20.4. The number of aromatic amines is 1. The van der Waals surface area contributed by atoms with Crippen molar-refractivity contribution < 1.29 is 13.2 Å². The van der Waals surface area contributed by atoms with Crippen molar-refractivity contribution in [2.45, 2.75) is 31.2 Å². The van der Waals surface area contributed by atoms with Gasteiger partial charge in [-0.15, -0.1) is 0 Å². The van der Waals surface area contributed by atoms with Gasteiger partial charge in [-0.1, -0.05) is 60.2 Å². The van der Waals surface area contributed by atoms with Gasteiger partial charge in [0.15, 0.2) is 0 Å². The predicted octanol–water partition coefficient (Wildman–Crippen LogP) is 4.26. The van der Waals surface area contributed by atoms with Gasteiger partial charge in [0.2, 0.25) is 15.9 Å². The van der Waals surface area contributed by atoms with Crippen molar-refractivity contribution in [1.82, 2.24) is 19.6 Å². The highest BCUT2D eigenvalue weighted by molar-refractivity contribution is 7.89. The number of benzene rings is 3. The Labute approximate surface area is 205 Å². The molecule has 1 aromatic heterocycles. The van der Waals surface area contributed by atoms with Crippen LogP contribution in [0.4, 0.5) is 0 Å². The molecule has 0 saturated carbocycles. The first-order valence-electron chi connectivity index (χ1n) is 11.8. The van der Waals surface area contributed by atoms with Crippen LogP contribution in [0.2, 0.25) is 0 Å². The van der Waals surface area contributed by atoms with E-state index in [0.717, 1.165) is 16.7 Å². The lowest BCUT2D eigenvalue weighted by Gasteiger charge is -2.31. The van der Waals surface area contributed by atoms with Crippen LogP contribution in [0.25, 0.3) is 22.4 Å². The average molecular weight is 489 g/mol. The van der Waals surface area contributed by atoms with Gasteiger partial charge in [-0.25, -0.2) is 13.4 Å². The fraction of sp³-hybridized carbons (Fsp3) is 0.259. The first kappa shape index (κ1) is 23.3. The lowest BCUT2D eigenvalue weighted by molar-refractivity contribution is -0.126. The summed E-state index contributed by atoms with van der Waals surface area (Å²) in [4.78, 5) is 20.8. The van der Waals surface area contributed by atoms with Crippen LogP contribution in [0.3, 0.4) is 0 Å². The minimum atomic E-state index is -3.74. The summed E-state index contributed by atoms with van der Waals surface area (Å²) in [5, 5.41) is 2.97. The Bertz CT molecular complexity index is 1450. The summed E-state index contributed by atoms with van der Waals surface area (Å²) in [5.41, 5.74) is 4.48. The number of H-pyrrole nitrogens is 1. The third-order valence-corrected chi connectivity index (χ3v) is 8.34. The summed E-state index contributed by atoms with van der Waals surface area (Å²) < 4.78 is 28.3. The summed E-state index contributed by atoms with van der Waals surface area (Å²) in [5.74, 6) is 0.213. The molecule has 0 unspecified atom stereocenters. The molecule has 35 heavy (non-hydrogen) atoms. The van der Waals surface area contributed by atoms with Gasteiger partial charge in [0.05, 0.1) is 21.8 Å². The number of hydrogen-bond donors (Lipinski definition) is 2. The molecule has 1 aliphatic rings. The molecule has 5 rings (SSSR count). The van der Waals surface area contributed by atoms with Crippen LogP contribution < -0.4 is 5.32 Å². The third kappa shape index (κ3) is 4.99. The van der Waals surface area contributed by atoms with E-state index in [1.165, 1.54) is 4.31 Å². The number of nitrogens with zero attached hydrogens (tertiary/aromatic N) is 2. The molecule has 8 heteroatoms. The second-order valence-electron chi connectivity index (χ2n) is 9.04. The molecule has 1 atom stereocenters. The van der Waals surface area contributed by atoms with E-state index in [1.54, 1.807) is 18.2 Å². The zero-order chi connectivity index (χ0) is 24.4. The van der Waals surface area contributed by atoms with Crippen LogP contribution in [0.15, 0.2) is 77.7 Å². The van der Waals surface area contributed by atoms with E-state index < -0.39 is 10.0 Å². The smallest absolute Gasteiger partial charge is 0.243 e. The van der Waals surface area contributed by atoms with E-state index in [1.807, 2.05) is 61.5 Å². The molecule has 0 radical (unpaired) electrons. The summed E-state index contributed by atoms with van der Waals surface area (Å²) in [6, 6.07) is 22.6. The van der Waals surface area contributed by atoms with Crippen molar-refractivity contribution in [3.8, 4) is 11.4 Å². The fourth-order valence-electron chi connectivity index (χ4n) is 4.45. The largest absolute Gasteiger partial charge is 0.352 e. The van der Waals surface area contributed by atoms with Crippen LogP contribution in [-0.4, -0.2) is 41.7 Å². The van der Waals surface area contributed by atoms with E-state index in [2.05, 4.69) is 15.3 Å². The Morgan fingerprint density at radius 3 is 2.63 bits per heavy atom. The molecular formula is C27H28N4O3S. The summed E-state index contributed by atoms with van der Waals surface area (Å²) in [6.45, 7) is 3.03. The number of rotatable bonds is 6. The number of nitrogens with one attached hydrogen (secondary N) is 2. The molecule has 2 heterocycles. The van der Waals surface area contributed by atoms with Gasteiger partial charge in [0.1, 0.15) is 5.82 Å². The standard InChI is InChI=1S/C27H28N4O3S/c1-19-9-11-20(12-10-19)17-28-27(32)22-8-5-15-31(18-22)35(33,34)23-13-14-24-25(16-23)30-26(29-24)21-6-3-2-4-7-21/h2-4,6-7,9-14,16,22H,5,8,15,17-18H2,1H3,(H,28,32)(H,29,30)/t22-/m0/s1. The quantitative estimate of drug-likeness (QED) is 0.424. The number of aryl methyl sites for hydroxylation is 1. The molecule has 0 aliphatic carbocycles. The molecule has 2 N–H and O–H groups in total. The van der Waals surface area contributed by atoms with Crippen molar-refractivity contribution in [3.63, 3.8) is 0 Å². The second-order valence-corrected chi connectivity index (χ2v) is 11.0. The highest BCUT2D eigenvalue weighted by Gasteiger charge is 2.33. The van der Waals surface area contributed by atoms with E-state index in [-0.39, 0.29) is 23.3 Å². The third-order valence-electron chi connectivity index (χ3n) is 6.48. The number of hydrogen-bond acceptors (Lipinski definition) is 4. The number of carbonyl (C=O) groups excluding carboxylic acids is 1. The normalized spacial score (nSPS) is 16.9. The van der Waals surface area contributed by atoms with Gasteiger partial charge in [0, 0.05) is 25.2 Å². The number of sulfonamides is 1. The number of imidazole rings is 1. The molecule has 1 amide bonds. The van der Waals surface area contributed by atoms with Crippen molar-refractivity contribution in [3.05, 3.63) is 83.9 Å². The maximum Gasteiger partial charge on any atom is 0.243 e. The Morgan fingerprint density at radius 1 is 1.09 bits per heavy atom. The lowest BCUT2D eigenvalue weighted by Crippen LogP contribution is -2.45. The number of aromatic nitrogens is 2. The van der Waals surface area contributed by atoms with E-state index >= 15 is 0 Å². The first-order chi connectivity index (χ1) is 16.9. The molecule has 4 aromatic rings. The van der Waals surface area contributed by atoms with E-state index in [9.17, 15) is 13.2 Å². The maximum absolute atomic E-state index is 13.4. The van der Waals surface area contributed by atoms with Crippen LogP contribution >= 0.6 is 0 Å². The summed E-state index contributed by atoms with van der Waals surface area (Å²) in [6.07, 6.45) is 1.32. The van der Waals surface area contributed by atoms with Crippen molar-refractivity contribution in [2.75, 3.05) is 13.1 Å². The average Bonchev–Trinajstić information content (AvgIpc) is 3.32. The molecule has 3 aromatic carbocycles. The van der Waals surface area contributed by atoms with Gasteiger partial charge in [0.25, 0.3) is 0 Å².